The second kappa shape index (κ2) is 8.27. The zero-order valence-corrected chi connectivity index (χ0v) is 21.3. The second-order valence-corrected chi connectivity index (χ2v) is 11.1. The van der Waals surface area contributed by atoms with E-state index in [1.54, 1.807) is 29.2 Å². The van der Waals surface area contributed by atoms with Gasteiger partial charge in [0.1, 0.15) is 17.8 Å². The average molecular weight is 526 g/mol. The van der Waals surface area contributed by atoms with Gasteiger partial charge in [0.25, 0.3) is 5.91 Å². The van der Waals surface area contributed by atoms with Gasteiger partial charge in [-0.3, -0.25) is 9.59 Å². The van der Waals surface area contributed by atoms with Crippen LogP contribution in [-0.2, 0) is 15.0 Å². The summed E-state index contributed by atoms with van der Waals surface area (Å²) in [6.45, 7) is 0.425. The van der Waals surface area contributed by atoms with Gasteiger partial charge in [-0.2, -0.15) is 5.26 Å². The van der Waals surface area contributed by atoms with Crippen LogP contribution in [0.4, 0.5) is 10.5 Å². The third kappa shape index (κ3) is 3.02. The lowest BCUT2D eigenvalue weighted by molar-refractivity contribution is -0.141. The molecule has 4 fully saturated rings. The second-order valence-electron chi connectivity index (χ2n) is 10.7. The number of piperazine rings is 1. The molecule has 1 aromatic heterocycles. The van der Waals surface area contributed by atoms with Crippen molar-refractivity contribution in [1.29, 1.82) is 5.26 Å². The summed E-state index contributed by atoms with van der Waals surface area (Å²) in [5.74, 6) is -0.294. The Morgan fingerprint density at radius 2 is 1.76 bits per heavy atom. The topological polar surface area (TPSA) is 97.6 Å². The zero-order chi connectivity index (χ0) is 26.2. The van der Waals surface area contributed by atoms with Crippen molar-refractivity contribution in [2.45, 2.75) is 55.6 Å². The summed E-state index contributed by atoms with van der Waals surface area (Å²) < 4.78 is 0. The molecule has 9 heteroatoms. The van der Waals surface area contributed by atoms with Crippen molar-refractivity contribution in [3.8, 4) is 6.07 Å². The standard InChI is InChI=1S/C29H24ClN5O3/c30-18-9-7-17(8-10-18)29(11-3-4-12-29)27(37)33-16-19-13-23(33)25-26(36)35(28(38)34(19)25)24-15-32-22(14-31)20-5-1-2-6-21(20)24/h1-2,5-10,15,19,23,25H,3-4,11-13,16H2/t19-,23?,25+/m1/s1. The van der Waals surface area contributed by atoms with E-state index in [2.05, 4.69) is 11.1 Å². The molecule has 0 N–H and O–H groups in total. The summed E-state index contributed by atoms with van der Waals surface area (Å²) in [6, 6.07) is 15.1. The highest BCUT2D eigenvalue weighted by Crippen LogP contribution is 2.48. The summed E-state index contributed by atoms with van der Waals surface area (Å²) >= 11 is 6.13. The Kier molecular flexibility index (Phi) is 5.04. The first-order valence-corrected chi connectivity index (χ1v) is 13.3. The number of hydrogen-bond acceptors (Lipinski definition) is 5. The van der Waals surface area contributed by atoms with Crippen LogP contribution in [0.25, 0.3) is 10.8 Å². The van der Waals surface area contributed by atoms with E-state index in [0.717, 1.165) is 31.2 Å². The van der Waals surface area contributed by atoms with Crippen LogP contribution >= 0.6 is 11.6 Å². The van der Waals surface area contributed by atoms with Crippen molar-refractivity contribution in [3.63, 3.8) is 0 Å². The van der Waals surface area contributed by atoms with Crippen molar-refractivity contribution in [1.82, 2.24) is 14.8 Å². The molecule has 3 aromatic rings. The lowest BCUT2D eigenvalue weighted by Crippen LogP contribution is -2.58. The number of carbonyl (C=O) groups is 3. The van der Waals surface area contributed by atoms with Gasteiger partial charge in [-0.15, -0.1) is 0 Å². The maximum atomic E-state index is 14.2. The van der Waals surface area contributed by atoms with Crippen LogP contribution < -0.4 is 4.90 Å². The first kappa shape index (κ1) is 23.2. The first-order valence-electron chi connectivity index (χ1n) is 13.0. The third-order valence-electron chi connectivity index (χ3n) is 8.91. The van der Waals surface area contributed by atoms with Gasteiger partial charge in [0, 0.05) is 22.3 Å². The number of fused-ring (bicyclic) bond motifs is 6. The van der Waals surface area contributed by atoms with E-state index in [1.807, 2.05) is 29.2 Å². The van der Waals surface area contributed by atoms with Crippen LogP contribution in [0.3, 0.4) is 0 Å². The molecular formula is C29H24ClN5O3. The predicted octanol–water partition coefficient (Wildman–Crippen LogP) is 4.39. The predicted molar refractivity (Wildman–Crippen MR) is 140 cm³/mol. The molecule has 1 unspecified atom stereocenters. The highest BCUT2D eigenvalue weighted by Gasteiger charge is 2.64. The van der Waals surface area contributed by atoms with E-state index in [0.29, 0.717) is 34.4 Å². The zero-order valence-electron chi connectivity index (χ0n) is 20.5. The van der Waals surface area contributed by atoms with Gasteiger partial charge in [-0.05, 0) is 37.0 Å². The minimum Gasteiger partial charge on any atom is -0.334 e. The average Bonchev–Trinajstić information content (AvgIpc) is 3.72. The van der Waals surface area contributed by atoms with Crippen LogP contribution in [0.15, 0.2) is 54.7 Å². The number of aromatic nitrogens is 1. The summed E-state index contributed by atoms with van der Waals surface area (Å²) in [5, 5.41) is 11.3. The van der Waals surface area contributed by atoms with Gasteiger partial charge in [0.15, 0.2) is 0 Å². The van der Waals surface area contributed by atoms with Crippen molar-refractivity contribution in [3.05, 3.63) is 71.0 Å². The maximum absolute atomic E-state index is 14.2. The molecule has 3 aliphatic heterocycles. The summed E-state index contributed by atoms with van der Waals surface area (Å²) in [5.41, 5.74) is 0.951. The number of urea groups is 1. The normalized spacial score (nSPS) is 25.4. The summed E-state index contributed by atoms with van der Waals surface area (Å²) in [4.78, 5) is 50.7. The van der Waals surface area contributed by atoms with Crippen LogP contribution in [-0.4, -0.2) is 57.3 Å². The molecule has 4 heterocycles. The molecule has 1 saturated carbocycles. The molecule has 0 radical (unpaired) electrons. The first-order chi connectivity index (χ1) is 18.4. The number of anilines is 1. The number of carbonyl (C=O) groups excluding carboxylic acids is 3. The lowest BCUT2D eigenvalue weighted by Gasteiger charge is -2.40. The van der Waals surface area contributed by atoms with Crippen LogP contribution in [0, 0.1) is 11.3 Å². The molecule has 4 amide bonds. The fourth-order valence-electron chi connectivity index (χ4n) is 7.21. The largest absolute Gasteiger partial charge is 0.334 e. The van der Waals surface area contributed by atoms with Crippen molar-refractivity contribution in [2.24, 2.45) is 0 Å². The van der Waals surface area contributed by atoms with Crippen LogP contribution in [0.5, 0.6) is 0 Å². The Bertz CT molecular complexity index is 1560. The Balaban J connectivity index is 1.24. The van der Waals surface area contributed by atoms with Gasteiger partial charge in [-0.25, -0.2) is 14.7 Å². The molecule has 2 bridgehead atoms. The van der Waals surface area contributed by atoms with Gasteiger partial charge < -0.3 is 9.80 Å². The van der Waals surface area contributed by atoms with E-state index in [1.165, 1.54) is 11.1 Å². The Hall–Kier alpha value is -3.96. The lowest BCUT2D eigenvalue weighted by atomic mass is 9.77. The van der Waals surface area contributed by atoms with Gasteiger partial charge >= 0.3 is 6.03 Å². The van der Waals surface area contributed by atoms with E-state index >= 15 is 0 Å². The molecule has 0 spiro atoms. The number of amides is 4. The number of imide groups is 1. The van der Waals surface area contributed by atoms with E-state index in [9.17, 15) is 19.6 Å². The molecule has 3 atom stereocenters. The van der Waals surface area contributed by atoms with Crippen molar-refractivity contribution < 1.29 is 14.4 Å². The Labute approximate surface area is 224 Å². The number of benzene rings is 2. The minimum absolute atomic E-state index is 0.0497. The SMILES string of the molecule is N#Cc1ncc(N2C(=O)[C@@H]3C4C[C@H](CN4C(=O)C4(c5ccc(Cl)cc5)CCCC4)N3C2=O)c2ccccc12. The number of pyridine rings is 1. The van der Waals surface area contributed by atoms with E-state index < -0.39 is 11.5 Å². The molecule has 4 aliphatic rings. The number of rotatable bonds is 3. The smallest absolute Gasteiger partial charge is 0.332 e. The van der Waals surface area contributed by atoms with Crippen molar-refractivity contribution >= 4 is 45.9 Å². The molecule has 38 heavy (non-hydrogen) atoms. The van der Waals surface area contributed by atoms with Crippen LogP contribution in [0.2, 0.25) is 5.02 Å². The van der Waals surface area contributed by atoms with Gasteiger partial charge in [-0.1, -0.05) is 60.8 Å². The molecule has 1 aliphatic carbocycles. The third-order valence-corrected chi connectivity index (χ3v) is 9.16. The van der Waals surface area contributed by atoms with Gasteiger partial charge in [0.05, 0.1) is 29.4 Å². The quantitative estimate of drug-likeness (QED) is 0.472. The Morgan fingerprint density at radius 1 is 1.05 bits per heavy atom. The Morgan fingerprint density at radius 3 is 2.47 bits per heavy atom. The molecule has 2 aromatic carbocycles. The number of likely N-dealkylation sites (tertiary alicyclic amines) is 1. The number of nitriles is 1. The minimum atomic E-state index is -0.719. The number of nitrogens with zero attached hydrogens (tertiary/aromatic N) is 5. The van der Waals surface area contributed by atoms with Gasteiger partial charge in [0.2, 0.25) is 5.91 Å². The molecular weight excluding hydrogens is 502 g/mol. The fraction of sp³-hybridized carbons (Fsp3) is 0.345. The summed E-state index contributed by atoms with van der Waals surface area (Å²) in [6.07, 6.45) is 5.49. The highest BCUT2D eigenvalue weighted by atomic mass is 35.5. The molecule has 7 rings (SSSR count). The molecule has 190 valence electrons. The fourth-order valence-corrected chi connectivity index (χ4v) is 7.33. The molecule has 3 saturated heterocycles. The van der Waals surface area contributed by atoms with Crippen molar-refractivity contribution in [2.75, 3.05) is 11.4 Å². The van der Waals surface area contributed by atoms with Crippen LogP contribution in [0.1, 0.15) is 43.4 Å². The van der Waals surface area contributed by atoms with E-state index in [-0.39, 0.29) is 35.6 Å². The number of halogens is 1. The monoisotopic (exact) mass is 525 g/mol. The van der Waals surface area contributed by atoms with E-state index in [4.69, 9.17) is 11.6 Å². The number of hydrogen-bond donors (Lipinski definition) is 0. The maximum Gasteiger partial charge on any atom is 0.332 e. The molecule has 8 nitrogen and oxygen atoms in total. The summed E-state index contributed by atoms with van der Waals surface area (Å²) in [7, 11) is 0. The highest BCUT2D eigenvalue weighted by molar-refractivity contribution is 6.30.